The van der Waals surface area contributed by atoms with E-state index in [0.717, 1.165) is 27.5 Å². The van der Waals surface area contributed by atoms with E-state index in [4.69, 9.17) is 0 Å². The molecular formula is C19H18N2OS. The van der Waals surface area contributed by atoms with Crippen molar-refractivity contribution in [2.75, 3.05) is 5.32 Å². The Morgan fingerprint density at radius 2 is 1.70 bits per heavy atom. The van der Waals surface area contributed by atoms with Crippen molar-refractivity contribution in [1.29, 1.82) is 0 Å². The Bertz CT molecular complexity index is 850. The molecule has 0 spiro atoms. The molecule has 0 saturated heterocycles. The first-order valence-corrected chi connectivity index (χ1v) is 8.27. The van der Waals surface area contributed by atoms with Gasteiger partial charge in [0.15, 0.2) is 0 Å². The van der Waals surface area contributed by atoms with Crippen molar-refractivity contribution in [2.24, 2.45) is 0 Å². The highest BCUT2D eigenvalue weighted by Crippen LogP contribution is 2.27. The van der Waals surface area contributed by atoms with E-state index in [9.17, 15) is 4.79 Å². The number of carbonyl (C=O) groups is 1. The van der Waals surface area contributed by atoms with Gasteiger partial charge < -0.3 is 5.32 Å². The molecule has 2 aromatic carbocycles. The minimum absolute atomic E-state index is 0.1000. The molecule has 0 atom stereocenters. The van der Waals surface area contributed by atoms with Crippen molar-refractivity contribution in [1.82, 2.24) is 4.98 Å². The highest BCUT2D eigenvalue weighted by atomic mass is 32.1. The first kappa shape index (κ1) is 15.4. The average Bonchev–Trinajstić information content (AvgIpc) is 2.88. The zero-order valence-electron chi connectivity index (χ0n) is 13.4. The first-order valence-electron chi connectivity index (χ1n) is 7.46. The second kappa shape index (κ2) is 6.34. The fourth-order valence-electron chi connectivity index (χ4n) is 2.48. The molecule has 1 heterocycles. The van der Waals surface area contributed by atoms with Gasteiger partial charge in [-0.1, -0.05) is 30.3 Å². The number of aromatic nitrogens is 1. The molecule has 0 saturated carbocycles. The number of hydrogen-bond donors (Lipinski definition) is 1. The molecule has 4 heteroatoms. The predicted molar refractivity (Wildman–Crippen MR) is 96.2 cm³/mol. The standard InChI is InChI=1S/C19H18N2OS/c1-12-6-4-5-7-17(12)21-19(22)16-10-8-15(9-11-16)18-13(2)23-14(3)20-18/h4-11H,1-3H3,(H,21,22). The zero-order chi connectivity index (χ0) is 16.4. The van der Waals surface area contributed by atoms with Gasteiger partial charge in [-0.25, -0.2) is 4.98 Å². The summed E-state index contributed by atoms with van der Waals surface area (Å²) in [5.74, 6) is -0.1000. The highest BCUT2D eigenvalue weighted by Gasteiger charge is 2.10. The number of aryl methyl sites for hydroxylation is 3. The third-order valence-corrected chi connectivity index (χ3v) is 4.60. The van der Waals surface area contributed by atoms with Crippen LogP contribution in [0.25, 0.3) is 11.3 Å². The maximum atomic E-state index is 12.4. The molecule has 0 aliphatic heterocycles. The van der Waals surface area contributed by atoms with Gasteiger partial charge in [-0.05, 0) is 44.5 Å². The second-order valence-electron chi connectivity index (χ2n) is 5.48. The molecule has 3 nitrogen and oxygen atoms in total. The lowest BCUT2D eigenvalue weighted by Crippen LogP contribution is -2.12. The number of nitrogens with one attached hydrogen (secondary N) is 1. The summed E-state index contributed by atoms with van der Waals surface area (Å²) in [6.45, 7) is 6.05. The third kappa shape index (κ3) is 3.32. The number of benzene rings is 2. The maximum Gasteiger partial charge on any atom is 0.255 e. The number of anilines is 1. The molecule has 23 heavy (non-hydrogen) atoms. The van der Waals surface area contributed by atoms with E-state index in [1.54, 1.807) is 11.3 Å². The normalized spacial score (nSPS) is 10.6. The van der Waals surface area contributed by atoms with Gasteiger partial charge in [0.25, 0.3) is 5.91 Å². The van der Waals surface area contributed by atoms with Crippen LogP contribution in [-0.4, -0.2) is 10.9 Å². The fourth-order valence-corrected chi connectivity index (χ4v) is 3.32. The molecule has 0 radical (unpaired) electrons. The van der Waals surface area contributed by atoms with Crippen LogP contribution >= 0.6 is 11.3 Å². The predicted octanol–water partition coefficient (Wildman–Crippen LogP) is 4.99. The number of para-hydroxylation sites is 1. The maximum absolute atomic E-state index is 12.4. The van der Waals surface area contributed by atoms with Crippen LogP contribution < -0.4 is 5.32 Å². The van der Waals surface area contributed by atoms with Gasteiger partial charge >= 0.3 is 0 Å². The van der Waals surface area contributed by atoms with E-state index >= 15 is 0 Å². The van der Waals surface area contributed by atoms with E-state index in [-0.39, 0.29) is 5.91 Å². The van der Waals surface area contributed by atoms with Crippen LogP contribution in [-0.2, 0) is 0 Å². The topological polar surface area (TPSA) is 42.0 Å². The van der Waals surface area contributed by atoms with E-state index in [1.165, 1.54) is 4.88 Å². The van der Waals surface area contributed by atoms with E-state index in [1.807, 2.05) is 62.4 Å². The zero-order valence-corrected chi connectivity index (χ0v) is 14.2. The summed E-state index contributed by atoms with van der Waals surface area (Å²) in [4.78, 5) is 18.1. The lowest BCUT2D eigenvalue weighted by molar-refractivity contribution is 0.102. The Labute approximate surface area is 140 Å². The Morgan fingerprint density at radius 3 is 2.30 bits per heavy atom. The van der Waals surface area contributed by atoms with Gasteiger partial charge in [-0.3, -0.25) is 4.79 Å². The highest BCUT2D eigenvalue weighted by molar-refractivity contribution is 7.11. The number of thiazole rings is 1. The van der Waals surface area contributed by atoms with Gasteiger partial charge in [-0.15, -0.1) is 11.3 Å². The van der Waals surface area contributed by atoms with Crippen LogP contribution in [0.3, 0.4) is 0 Å². The van der Waals surface area contributed by atoms with Gasteiger partial charge in [0.2, 0.25) is 0 Å². The number of hydrogen-bond acceptors (Lipinski definition) is 3. The van der Waals surface area contributed by atoms with E-state index in [0.29, 0.717) is 5.56 Å². The summed E-state index contributed by atoms with van der Waals surface area (Å²) in [6.07, 6.45) is 0. The average molecular weight is 322 g/mol. The first-order chi connectivity index (χ1) is 11.0. The van der Waals surface area contributed by atoms with Crippen LogP contribution in [0.15, 0.2) is 48.5 Å². The summed E-state index contributed by atoms with van der Waals surface area (Å²) >= 11 is 1.69. The van der Waals surface area contributed by atoms with E-state index in [2.05, 4.69) is 17.2 Å². The van der Waals surface area contributed by atoms with Gasteiger partial charge in [0, 0.05) is 21.7 Å². The molecule has 1 aromatic heterocycles. The van der Waals surface area contributed by atoms with E-state index < -0.39 is 0 Å². The summed E-state index contributed by atoms with van der Waals surface area (Å²) in [5, 5.41) is 4.00. The summed E-state index contributed by atoms with van der Waals surface area (Å²) < 4.78 is 0. The number of rotatable bonds is 3. The van der Waals surface area contributed by atoms with Crippen LogP contribution in [0, 0.1) is 20.8 Å². The number of amides is 1. The molecular weight excluding hydrogens is 304 g/mol. The summed E-state index contributed by atoms with van der Waals surface area (Å²) in [5.41, 5.74) is 4.57. The number of carbonyl (C=O) groups excluding carboxylic acids is 1. The molecule has 1 N–H and O–H groups in total. The van der Waals surface area contributed by atoms with Crippen LogP contribution in [0.4, 0.5) is 5.69 Å². The second-order valence-corrected chi connectivity index (χ2v) is 6.89. The third-order valence-electron chi connectivity index (χ3n) is 3.72. The largest absolute Gasteiger partial charge is 0.322 e. The van der Waals surface area contributed by atoms with Crippen molar-refractivity contribution in [3.05, 3.63) is 69.5 Å². The van der Waals surface area contributed by atoms with Gasteiger partial charge in [0.05, 0.1) is 10.7 Å². The minimum Gasteiger partial charge on any atom is -0.322 e. The summed E-state index contributed by atoms with van der Waals surface area (Å²) in [7, 11) is 0. The molecule has 3 aromatic rings. The van der Waals surface area contributed by atoms with Crippen molar-refractivity contribution in [3.8, 4) is 11.3 Å². The van der Waals surface area contributed by atoms with Gasteiger partial charge in [-0.2, -0.15) is 0 Å². The molecule has 1 amide bonds. The lowest BCUT2D eigenvalue weighted by Gasteiger charge is -2.08. The quantitative estimate of drug-likeness (QED) is 0.738. The monoisotopic (exact) mass is 322 g/mol. The van der Waals surface area contributed by atoms with Crippen molar-refractivity contribution < 1.29 is 4.79 Å². The molecule has 0 aliphatic carbocycles. The van der Waals surface area contributed by atoms with Gasteiger partial charge in [0.1, 0.15) is 0 Å². The Hall–Kier alpha value is -2.46. The Balaban J connectivity index is 1.81. The van der Waals surface area contributed by atoms with Crippen molar-refractivity contribution >= 4 is 22.9 Å². The molecule has 0 unspecified atom stereocenters. The Kier molecular flexibility index (Phi) is 4.26. The van der Waals surface area contributed by atoms with Crippen molar-refractivity contribution in [3.63, 3.8) is 0 Å². The summed E-state index contributed by atoms with van der Waals surface area (Å²) in [6, 6.07) is 15.3. The minimum atomic E-state index is -0.1000. The van der Waals surface area contributed by atoms with Crippen molar-refractivity contribution in [2.45, 2.75) is 20.8 Å². The molecule has 0 aliphatic rings. The molecule has 0 fully saturated rings. The lowest BCUT2D eigenvalue weighted by atomic mass is 10.1. The van der Waals surface area contributed by atoms with Crippen LogP contribution in [0.5, 0.6) is 0 Å². The number of nitrogens with zero attached hydrogens (tertiary/aromatic N) is 1. The molecule has 116 valence electrons. The van der Waals surface area contributed by atoms with Crippen LogP contribution in [0.1, 0.15) is 25.8 Å². The Morgan fingerprint density at radius 1 is 1.00 bits per heavy atom. The molecule has 0 bridgehead atoms. The van der Waals surface area contributed by atoms with Crippen LogP contribution in [0.2, 0.25) is 0 Å². The fraction of sp³-hybridized carbons (Fsp3) is 0.158. The SMILES string of the molecule is Cc1nc(-c2ccc(C(=O)Nc3ccccc3C)cc2)c(C)s1. The smallest absolute Gasteiger partial charge is 0.255 e. The molecule has 3 rings (SSSR count).